The van der Waals surface area contributed by atoms with Crippen LogP contribution >= 0.6 is 0 Å². The highest BCUT2D eigenvalue weighted by Crippen LogP contribution is 2.30. The molecule has 0 fully saturated rings. The summed E-state index contributed by atoms with van der Waals surface area (Å²) < 4.78 is 5.37. The number of pyridine rings is 2. The van der Waals surface area contributed by atoms with Crippen molar-refractivity contribution in [1.29, 1.82) is 0 Å². The van der Waals surface area contributed by atoms with E-state index in [0.717, 1.165) is 11.1 Å². The van der Waals surface area contributed by atoms with Crippen LogP contribution in [0.15, 0.2) is 36.8 Å². The zero-order chi connectivity index (χ0) is 13.2. The van der Waals surface area contributed by atoms with E-state index in [4.69, 9.17) is 4.74 Å². The van der Waals surface area contributed by atoms with Gasteiger partial charge in [0.1, 0.15) is 0 Å². The van der Waals surface area contributed by atoms with Gasteiger partial charge in [-0.3, -0.25) is 14.7 Å². The van der Waals surface area contributed by atoms with Crippen molar-refractivity contribution in [2.45, 2.75) is 13.5 Å². The molecule has 96 valence electrons. The summed E-state index contributed by atoms with van der Waals surface area (Å²) in [6.07, 6.45) is 5.18. The van der Waals surface area contributed by atoms with Gasteiger partial charge in [-0.15, -0.1) is 0 Å². The molecule has 0 bridgehead atoms. The van der Waals surface area contributed by atoms with Crippen molar-refractivity contribution in [2.75, 3.05) is 11.5 Å². The molecule has 0 unspecified atom stereocenters. The molecule has 2 aromatic heterocycles. The summed E-state index contributed by atoms with van der Waals surface area (Å²) in [5, 5.41) is 0. The van der Waals surface area contributed by atoms with E-state index in [-0.39, 0.29) is 12.5 Å². The summed E-state index contributed by atoms with van der Waals surface area (Å²) >= 11 is 0. The number of ether oxygens (including phenoxy) is 1. The maximum absolute atomic E-state index is 12.0. The second-order valence-electron chi connectivity index (χ2n) is 4.40. The number of aromatic nitrogens is 2. The molecule has 0 radical (unpaired) electrons. The Morgan fingerprint density at radius 3 is 3.11 bits per heavy atom. The molecule has 1 aliphatic heterocycles. The van der Waals surface area contributed by atoms with Crippen molar-refractivity contribution < 1.29 is 9.53 Å². The summed E-state index contributed by atoms with van der Waals surface area (Å²) in [6, 6.07) is 5.53. The van der Waals surface area contributed by atoms with Gasteiger partial charge in [0.2, 0.25) is 0 Å². The van der Waals surface area contributed by atoms with Crippen LogP contribution in [-0.4, -0.2) is 22.5 Å². The highest BCUT2D eigenvalue weighted by molar-refractivity contribution is 5.96. The van der Waals surface area contributed by atoms with Gasteiger partial charge >= 0.3 is 0 Å². The zero-order valence-corrected chi connectivity index (χ0v) is 10.5. The third-order valence-corrected chi connectivity index (χ3v) is 3.12. The number of carbonyl (C=O) groups excluding carboxylic acids is 1. The molecule has 0 N–H and O–H groups in total. The van der Waals surface area contributed by atoms with Crippen LogP contribution in [0.2, 0.25) is 0 Å². The molecule has 3 heterocycles. The molecule has 0 atom stereocenters. The van der Waals surface area contributed by atoms with Gasteiger partial charge in [-0.25, -0.2) is 4.98 Å². The first-order valence-corrected chi connectivity index (χ1v) is 6.03. The SMILES string of the molecule is Cc1cnccc1CN1C(=O)COc2cccnc21. The van der Waals surface area contributed by atoms with E-state index in [2.05, 4.69) is 9.97 Å². The van der Waals surface area contributed by atoms with Crippen LogP contribution in [0, 0.1) is 6.92 Å². The molecule has 0 spiro atoms. The minimum Gasteiger partial charge on any atom is -0.480 e. The number of hydrogen-bond donors (Lipinski definition) is 0. The Bertz CT molecular complexity index is 628. The lowest BCUT2D eigenvalue weighted by Gasteiger charge is -2.28. The number of rotatable bonds is 2. The Labute approximate surface area is 110 Å². The fourth-order valence-electron chi connectivity index (χ4n) is 2.05. The lowest BCUT2D eigenvalue weighted by molar-refractivity contribution is -0.121. The molecule has 2 aromatic rings. The molecule has 0 saturated carbocycles. The first-order valence-electron chi connectivity index (χ1n) is 6.03. The van der Waals surface area contributed by atoms with E-state index in [1.54, 1.807) is 29.6 Å². The van der Waals surface area contributed by atoms with E-state index >= 15 is 0 Å². The van der Waals surface area contributed by atoms with Crippen molar-refractivity contribution in [1.82, 2.24) is 9.97 Å². The average molecular weight is 255 g/mol. The van der Waals surface area contributed by atoms with Gasteiger partial charge < -0.3 is 4.74 Å². The quantitative estimate of drug-likeness (QED) is 0.819. The van der Waals surface area contributed by atoms with E-state index in [1.165, 1.54) is 0 Å². The minimum atomic E-state index is -0.0811. The lowest BCUT2D eigenvalue weighted by atomic mass is 10.1. The van der Waals surface area contributed by atoms with E-state index in [9.17, 15) is 4.79 Å². The largest absolute Gasteiger partial charge is 0.480 e. The molecule has 0 saturated heterocycles. The van der Waals surface area contributed by atoms with Gasteiger partial charge in [-0.1, -0.05) is 0 Å². The van der Waals surface area contributed by atoms with Crippen molar-refractivity contribution in [3.8, 4) is 5.75 Å². The van der Waals surface area contributed by atoms with Crippen LogP contribution in [0.3, 0.4) is 0 Å². The molecular formula is C14H13N3O2. The smallest absolute Gasteiger partial charge is 0.266 e. The number of carbonyl (C=O) groups is 1. The van der Waals surface area contributed by atoms with Crippen LogP contribution in [0.25, 0.3) is 0 Å². The van der Waals surface area contributed by atoms with Gasteiger partial charge in [0, 0.05) is 18.6 Å². The second-order valence-corrected chi connectivity index (χ2v) is 4.40. The first-order chi connectivity index (χ1) is 9.25. The molecule has 0 aliphatic carbocycles. The van der Waals surface area contributed by atoms with Crippen LogP contribution in [0.1, 0.15) is 11.1 Å². The molecule has 1 amide bonds. The lowest BCUT2D eigenvalue weighted by Crippen LogP contribution is -2.39. The second kappa shape index (κ2) is 4.68. The highest BCUT2D eigenvalue weighted by atomic mass is 16.5. The molecule has 1 aliphatic rings. The zero-order valence-electron chi connectivity index (χ0n) is 10.5. The molecule has 3 rings (SSSR count). The summed E-state index contributed by atoms with van der Waals surface area (Å²) in [5.74, 6) is 1.14. The average Bonchev–Trinajstić information content (AvgIpc) is 2.44. The van der Waals surface area contributed by atoms with E-state index in [0.29, 0.717) is 18.1 Å². The fraction of sp³-hybridized carbons (Fsp3) is 0.214. The standard InChI is InChI=1S/C14H13N3O2/c1-10-7-15-6-4-11(10)8-17-13(18)9-19-12-3-2-5-16-14(12)17/h2-7H,8-9H2,1H3. The van der Waals surface area contributed by atoms with Crippen LogP contribution in [-0.2, 0) is 11.3 Å². The van der Waals surface area contributed by atoms with Crippen molar-refractivity contribution in [3.63, 3.8) is 0 Å². The summed E-state index contributed by atoms with van der Waals surface area (Å²) in [5.41, 5.74) is 2.11. The molecule has 19 heavy (non-hydrogen) atoms. The summed E-state index contributed by atoms with van der Waals surface area (Å²) in [7, 11) is 0. The predicted octanol–water partition coefficient (Wildman–Crippen LogP) is 1.71. The van der Waals surface area contributed by atoms with Gasteiger partial charge in [-0.2, -0.15) is 0 Å². The summed E-state index contributed by atoms with van der Waals surface area (Å²) in [4.78, 5) is 22.0. The van der Waals surface area contributed by atoms with Crippen LogP contribution < -0.4 is 9.64 Å². The monoisotopic (exact) mass is 255 g/mol. The Morgan fingerprint density at radius 1 is 1.37 bits per heavy atom. The van der Waals surface area contributed by atoms with Crippen molar-refractivity contribution in [2.24, 2.45) is 0 Å². The van der Waals surface area contributed by atoms with E-state index in [1.807, 2.05) is 19.1 Å². The fourth-order valence-corrected chi connectivity index (χ4v) is 2.05. The Balaban J connectivity index is 1.96. The molecule has 0 aromatic carbocycles. The first kappa shape index (κ1) is 11.6. The van der Waals surface area contributed by atoms with Gasteiger partial charge in [0.05, 0.1) is 6.54 Å². The normalized spacial score (nSPS) is 13.9. The minimum absolute atomic E-state index is 0.0584. The maximum Gasteiger partial charge on any atom is 0.266 e. The van der Waals surface area contributed by atoms with Crippen molar-refractivity contribution in [3.05, 3.63) is 47.9 Å². The summed E-state index contributed by atoms with van der Waals surface area (Å²) in [6.45, 7) is 2.52. The number of hydrogen-bond acceptors (Lipinski definition) is 4. The predicted molar refractivity (Wildman–Crippen MR) is 69.9 cm³/mol. The topological polar surface area (TPSA) is 55.3 Å². The van der Waals surface area contributed by atoms with E-state index < -0.39 is 0 Å². The molecule has 5 nitrogen and oxygen atoms in total. The maximum atomic E-state index is 12.0. The number of nitrogens with zero attached hydrogens (tertiary/aromatic N) is 3. The molecular weight excluding hydrogens is 242 g/mol. The third-order valence-electron chi connectivity index (χ3n) is 3.12. The number of amides is 1. The van der Waals surface area contributed by atoms with Crippen molar-refractivity contribution >= 4 is 11.7 Å². The van der Waals surface area contributed by atoms with Crippen LogP contribution in [0.5, 0.6) is 5.75 Å². The number of anilines is 1. The Morgan fingerprint density at radius 2 is 2.26 bits per heavy atom. The van der Waals surface area contributed by atoms with Gasteiger partial charge in [0.15, 0.2) is 18.2 Å². The van der Waals surface area contributed by atoms with Crippen LogP contribution in [0.4, 0.5) is 5.82 Å². The highest BCUT2D eigenvalue weighted by Gasteiger charge is 2.26. The number of fused-ring (bicyclic) bond motifs is 1. The Kier molecular flexibility index (Phi) is 2.87. The number of aryl methyl sites for hydroxylation is 1. The van der Waals surface area contributed by atoms with Gasteiger partial charge in [0.25, 0.3) is 5.91 Å². The Hall–Kier alpha value is -2.43. The molecule has 5 heteroatoms. The third kappa shape index (κ3) is 2.14. The van der Waals surface area contributed by atoms with Gasteiger partial charge in [-0.05, 0) is 36.2 Å².